The highest BCUT2D eigenvalue weighted by molar-refractivity contribution is 5.40. The van der Waals surface area contributed by atoms with E-state index >= 15 is 0 Å². The summed E-state index contributed by atoms with van der Waals surface area (Å²) < 4.78 is 5.32. The molecule has 0 unspecified atom stereocenters. The summed E-state index contributed by atoms with van der Waals surface area (Å²) in [5, 5.41) is 0. The third-order valence-electron chi connectivity index (χ3n) is 2.61. The largest absolute Gasteiger partial charge is 0.378 e. The van der Waals surface area contributed by atoms with Crippen molar-refractivity contribution in [2.45, 2.75) is 13.3 Å². The third kappa shape index (κ3) is 2.68. The molecule has 0 aliphatic carbocycles. The monoisotopic (exact) mass is 222 g/mol. The second kappa shape index (κ2) is 5.23. The molecule has 0 bridgehead atoms. The lowest BCUT2D eigenvalue weighted by molar-refractivity contribution is 0.122. The third-order valence-corrected chi connectivity index (χ3v) is 2.61. The Morgan fingerprint density at radius 3 is 2.81 bits per heavy atom. The number of rotatable bonds is 3. The Morgan fingerprint density at radius 1 is 1.38 bits per heavy atom. The molecule has 0 atom stereocenters. The van der Waals surface area contributed by atoms with Crippen LogP contribution < -0.4 is 10.6 Å². The van der Waals surface area contributed by atoms with Crippen LogP contribution in [-0.4, -0.2) is 42.8 Å². The first-order valence-electron chi connectivity index (χ1n) is 5.67. The molecule has 0 saturated carbocycles. The van der Waals surface area contributed by atoms with Crippen molar-refractivity contribution in [2.75, 3.05) is 37.7 Å². The van der Waals surface area contributed by atoms with Gasteiger partial charge in [0, 0.05) is 31.3 Å². The van der Waals surface area contributed by atoms with E-state index in [0.717, 1.165) is 50.1 Å². The number of ether oxygens (including phenoxy) is 1. The number of nitrogens with zero attached hydrogens (tertiary/aromatic N) is 3. The van der Waals surface area contributed by atoms with Crippen molar-refractivity contribution in [3.05, 3.63) is 17.6 Å². The Labute approximate surface area is 95.6 Å². The summed E-state index contributed by atoms with van der Waals surface area (Å²) in [5.74, 6) is 1.81. The van der Waals surface area contributed by atoms with Crippen molar-refractivity contribution < 1.29 is 4.74 Å². The maximum absolute atomic E-state index is 5.55. The Balaban J connectivity index is 2.18. The van der Waals surface area contributed by atoms with Crippen LogP contribution in [0.25, 0.3) is 0 Å². The zero-order chi connectivity index (χ0) is 11.4. The average molecular weight is 222 g/mol. The van der Waals surface area contributed by atoms with E-state index in [1.807, 2.05) is 13.0 Å². The van der Waals surface area contributed by atoms with Gasteiger partial charge >= 0.3 is 0 Å². The molecule has 2 rings (SSSR count). The smallest absolute Gasteiger partial charge is 0.132 e. The van der Waals surface area contributed by atoms with Gasteiger partial charge in [-0.25, -0.2) is 9.97 Å². The highest BCUT2D eigenvalue weighted by Crippen LogP contribution is 2.14. The van der Waals surface area contributed by atoms with Crippen molar-refractivity contribution in [2.24, 2.45) is 5.73 Å². The van der Waals surface area contributed by atoms with Gasteiger partial charge in [0.25, 0.3) is 0 Å². The Bertz CT molecular complexity index is 350. The van der Waals surface area contributed by atoms with E-state index in [1.165, 1.54) is 0 Å². The lowest BCUT2D eigenvalue weighted by Gasteiger charge is -2.28. The molecule has 0 radical (unpaired) electrons. The van der Waals surface area contributed by atoms with Gasteiger partial charge in [-0.1, -0.05) is 0 Å². The molecule has 88 valence electrons. The van der Waals surface area contributed by atoms with E-state index in [1.54, 1.807) is 0 Å². The van der Waals surface area contributed by atoms with Crippen LogP contribution in [0.5, 0.6) is 0 Å². The van der Waals surface area contributed by atoms with E-state index in [2.05, 4.69) is 14.9 Å². The summed E-state index contributed by atoms with van der Waals surface area (Å²) in [7, 11) is 0. The van der Waals surface area contributed by atoms with Gasteiger partial charge in [0.2, 0.25) is 0 Å². The molecule has 1 aliphatic heterocycles. The zero-order valence-electron chi connectivity index (χ0n) is 9.65. The highest BCUT2D eigenvalue weighted by Gasteiger charge is 2.13. The van der Waals surface area contributed by atoms with Crippen LogP contribution in [0.15, 0.2) is 6.07 Å². The molecule has 0 aromatic carbocycles. The van der Waals surface area contributed by atoms with Crippen LogP contribution in [-0.2, 0) is 11.2 Å². The van der Waals surface area contributed by atoms with Gasteiger partial charge in [-0.2, -0.15) is 0 Å². The van der Waals surface area contributed by atoms with Gasteiger partial charge in [0.15, 0.2) is 0 Å². The van der Waals surface area contributed by atoms with Gasteiger partial charge in [-0.3, -0.25) is 0 Å². The van der Waals surface area contributed by atoms with Crippen molar-refractivity contribution in [3.8, 4) is 0 Å². The SMILES string of the molecule is Cc1nc(CCN)cc(N2CCOCC2)n1. The maximum atomic E-state index is 5.55. The maximum Gasteiger partial charge on any atom is 0.132 e. The molecule has 0 amide bonds. The van der Waals surface area contributed by atoms with E-state index in [9.17, 15) is 0 Å². The van der Waals surface area contributed by atoms with Crippen molar-refractivity contribution in [3.63, 3.8) is 0 Å². The molecule has 16 heavy (non-hydrogen) atoms. The number of anilines is 1. The molecule has 1 aromatic heterocycles. The molecule has 2 N–H and O–H groups in total. The first kappa shape index (κ1) is 11.3. The molecule has 2 heterocycles. The van der Waals surface area contributed by atoms with Crippen molar-refractivity contribution in [1.29, 1.82) is 0 Å². The van der Waals surface area contributed by atoms with Gasteiger partial charge in [0.05, 0.1) is 13.2 Å². The topological polar surface area (TPSA) is 64.3 Å². The number of morpholine rings is 1. The molecule has 1 aliphatic rings. The van der Waals surface area contributed by atoms with Crippen LogP contribution in [0.1, 0.15) is 11.5 Å². The Morgan fingerprint density at radius 2 is 2.12 bits per heavy atom. The molecular weight excluding hydrogens is 204 g/mol. The number of aromatic nitrogens is 2. The number of nitrogens with two attached hydrogens (primary N) is 1. The highest BCUT2D eigenvalue weighted by atomic mass is 16.5. The summed E-state index contributed by atoms with van der Waals surface area (Å²) in [6.45, 7) is 5.89. The normalized spacial score (nSPS) is 16.5. The second-order valence-electron chi connectivity index (χ2n) is 3.90. The Hall–Kier alpha value is -1.20. The minimum absolute atomic E-state index is 0.624. The Kier molecular flexibility index (Phi) is 3.69. The summed E-state index contributed by atoms with van der Waals surface area (Å²) >= 11 is 0. The fraction of sp³-hybridized carbons (Fsp3) is 0.636. The van der Waals surface area contributed by atoms with Gasteiger partial charge < -0.3 is 15.4 Å². The predicted octanol–water partition coefficient (Wildman–Crippen LogP) is 0.123. The first-order chi connectivity index (χ1) is 7.79. The fourth-order valence-corrected chi connectivity index (χ4v) is 1.84. The minimum atomic E-state index is 0.624. The second-order valence-corrected chi connectivity index (χ2v) is 3.90. The quantitative estimate of drug-likeness (QED) is 0.787. The predicted molar refractivity (Wildman–Crippen MR) is 62.6 cm³/mol. The van der Waals surface area contributed by atoms with E-state index in [4.69, 9.17) is 10.5 Å². The molecule has 0 spiro atoms. The van der Waals surface area contributed by atoms with Gasteiger partial charge in [0.1, 0.15) is 11.6 Å². The van der Waals surface area contributed by atoms with Crippen LogP contribution >= 0.6 is 0 Å². The molecule has 5 nitrogen and oxygen atoms in total. The number of aryl methyl sites for hydroxylation is 1. The van der Waals surface area contributed by atoms with Crippen LogP contribution in [0.3, 0.4) is 0 Å². The van der Waals surface area contributed by atoms with E-state index in [0.29, 0.717) is 6.54 Å². The lowest BCUT2D eigenvalue weighted by Crippen LogP contribution is -2.37. The van der Waals surface area contributed by atoms with E-state index < -0.39 is 0 Å². The van der Waals surface area contributed by atoms with Crippen LogP contribution in [0, 0.1) is 6.92 Å². The molecule has 5 heteroatoms. The van der Waals surface area contributed by atoms with Crippen molar-refractivity contribution >= 4 is 5.82 Å². The summed E-state index contributed by atoms with van der Waals surface area (Å²) in [6.07, 6.45) is 0.806. The first-order valence-corrected chi connectivity index (χ1v) is 5.67. The lowest BCUT2D eigenvalue weighted by atomic mass is 10.2. The zero-order valence-corrected chi connectivity index (χ0v) is 9.65. The number of hydrogen-bond acceptors (Lipinski definition) is 5. The number of hydrogen-bond donors (Lipinski definition) is 1. The average Bonchev–Trinajstić information content (AvgIpc) is 2.30. The van der Waals surface area contributed by atoms with Crippen LogP contribution in [0.2, 0.25) is 0 Å². The standard InChI is InChI=1S/C11H18N4O/c1-9-13-10(2-3-12)8-11(14-9)15-4-6-16-7-5-15/h8H,2-7,12H2,1H3. The summed E-state index contributed by atoms with van der Waals surface area (Å²) in [5.41, 5.74) is 6.57. The van der Waals surface area contributed by atoms with Gasteiger partial charge in [-0.05, 0) is 13.5 Å². The molecule has 1 fully saturated rings. The molecule has 1 aromatic rings. The van der Waals surface area contributed by atoms with Gasteiger partial charge in [-0.15, -0.1) is 0 Å². The summed E-state index contributed by atoms with van der Waals surface area (Å²) in [4.78, 5) is 11.1. The molecular formula is C11H18N4O. The van der Waals surface area contributed by atoms with Crippen molar-refractivity contribution in [1.82, 2.24) is 9.97 Å². The van der Waals surface area contributed by atoms with E-state index in [-0.39, 0.29) is 0 Å². The van der Waals surface area contributed by atoms with Crippen LogP contribution in [0.4, 0.5) is 5.82 Å². The molecule has 1 saturated heterocycles. The fourth-order valence-electron chi connectivity index (χ4n) is 1.84. The minimum Gasteiger partial charge on any atom is -0.378 e. The summed E-state index contributed by atoms with van der Waals surface area (Å²) in [6, 6.07) is 2.03.